The lowest BCUT2D eigenvalue weighted by molar-refractivity contribution is -0.161. The predicted molar refractivity (Wildman–Crippen MR) is 102 cm³/mol. The van der Waals surface area contributed by atoms with Crippen molar-refractivity contribution in [2.45, 2.75) is 38.1 Å². The Hall–Kier alpha value is -2.36. The fraction of sp³-hybridized carbons (Fsp3) is 0.421. The van der Waals surface area contributed by atoms with Gasteiger partial charge in [-0.2, -0.15) is 0 Å². The van der Waals surface area contributed by atoms with Gasteiger partial charge in [0.15, 0.2) is 0 Å². The van der Waals surface area contributed by atoms with Crippen LogP contribution in [0.5, 0.6) is 0 Å². The number of hydrogen-bond acceptors (Lipinski definition) is 6. The molecule has 3 rings (SSSR count). The number of carbonyl (C=O) groups excluding carboxylic acids is 1. The molecule has 1 saturated heterocycles. The summed E-state index contributed by atoms with van der Waals surface area (Å²) in [5.74, 6) is -3.13. The van der Waals surface area contributed by atoms with Crippen LogP contribution in [0.2, 0.25) is 0 Å². The normalized spacial score (nSPS) is 23.2. The molecule has 28 heavy (non-hydrogen) atoms. The first kappa shape index (κ1) is 20.4. The maximum absolute atomic E-state index is 12.2. The summed E-state index contributed by atoms with van der Waals surface area (Å²) in [6.45, 7) is 1.89. The lowest BCUT2D eigenvalue weighted by atomic mass is 9.83. The maximum atomic E-state index is 12.2. The number of thioether (sulfide) groups is 1. The van der Waals surface area contributed by atoms with Crippen molar-refractivity contribution in [1.82, 2.24) is 10.2 Å². The maximum Gasteiger partial charge on any atom is 0.353 e. The number of nitrogens with zero attached hydrogens (tertiary/aromatic N) is 1. The Morgan fingerprint density at radius 3 is 2.54 bits per heavy atom. The van der Waals surface area contributed by atoms with E-state index in [0.717, 1.165) is 17.3 Å². The molecule has 1 amide bonds. The van der Waals surface area contributed by atoms with Crippen LogP contribution in [-0.2, 0) is 20.9 Å². The minimum Gasteiger partial charge on any atom is -0.480 e. The smallest absolute Gasteiger partial charge is 0.353 e. The van der Waals surface area contributed by atoms with E-state index in [2.05, 4.69) is 5.32 Å². The van der Waals surface area contributed by atoms with Gasteiger partial charge in [-0.25, -0.2) is 4.79 Å². The fourth-order valence-electron chi connectivity index (χ4n) is 3.60. The molecule has 0 spiro atoms. The van der Waals surface area contributed by atoms with Gasteiger partial charge in [-0.3, -0.25) is 14.9 Å². The third kappa shape index (κ3) is 3.91. The molecule has 2 aliphatic heterocycles. The van der Waals surface area contributed by atoms with E-state index in [-0.39, 0.29) is 17.5 Å². The highest BCUT2D eigenvalue weighted by Crippen LogP contribution is 2.47. The van der Waals surface area contributed by atoms with Crippen LogP contribution >= 0.6 is 11.8 Å². The third-order valence-corrected chi connectivity index (χ3v) is 6.22. The Labute approximate surface area is 166 Å². The summed E-state index contributed by atoms with van der Waals surface area (Å²) in [6.07, 6.45) is -0.536. The van der Waals surface area contributed by atoms with E-state index in [1.165, 1.54) is 11.8 Å². The van der Waals surface area contributed by atoms with Crippen LogP contribution in [0, 0.1) is 5.92 Å². The molecule has 0 aromatic heterocycles. The van der Waals surface area contributed by atoms with Crippen molar-refractivity contribution in [2.24, 2.45) is 5.92 Å². The van der Waals surface area contributed by atoms with Gasteiger partial charge in [0.2, 0.25) is 5.91 Å². The molecule has 0 aliphatic carbocycles. The van der Waals surface area contributed by atoms with Crippen LogP contribution in [0.1, 0.15) is 18.9 Å². The predicted octanol–water partition coefficient (Wildman–Crippen LogP) is 0.870. The summed E-state index contributed by atoms with van der Waals surface area (Å²) < 4.78 is 0. The highest BCUT2D eigenvalue weighted by Gasteiger charge is 2.56. The first-order chi connectivity index (χ1) is 13.3. The number of aliphatic hydroxyl groups excluding tert-OH is 1. The molecule has 4 atom stereocenters. The van der Waals surface area contributed by atoms with Gasteiger partial charge in [-0.05, 0) is 12.5 Å². The van der Waals surface area contributed by atoms with Crippen LogP contribution in [0.15, 0.2) is 40.9 Å². The van der Waals surface area contributed by atoms with Gasteiger partial charge in [-0.1, -0.05) is 30.3 Å². The standard InChI is InChI=1S/C19H22N2O6S/c1-10(22)15-13-7-14(16(19(26)27)21(13)17(15)23)28-9-12(18(24)25)20-8-11-5-3-2-4-6-11/h2-6,10,12-13,15,20,22H,7-9H2,1H3,(H,24,25)(H,26,27)/t10?,12-,13+,15+/m0/s1. The third-order valence-electron chi connectivity index (χ3n) is 5.01. The molecule has 150 valence electrons. The number of amides is 1. The summed E-state index contributed by atoms with van der Waals surface area (Å²) >= 11 is 1.14. The second-order valence-corrected chi connectivity index (χ2v) is 8.01. The number of carboxylic acid groups (broad SMARTS) is 2. The first-order valence-electron chi connectivity index (χ1n) is 8.91. The van der Waals surface area contributed by atoms with Crippen molar-refractivity contribution in [1.29, 1.82) is 0 Å². The Morgan fingerprint density at radius 1 is 1.29 bits per heavy atom. The monoisotopic (exact) mass is 406 g/mol. The molecule has 1 aromatic carbocycles. The van der Waals surface area contributed by atoms with Gasteiger partial charge < -0.3 is 20.2 Å². The van der Waals surface area contributed by atoms with Gasteiger partial charge in [0, 0.05) is 23.6 Å². The number of carbonyl (C=O) groups is 3. The number of aliphatic carboxylic acids is 2. The minimum absolute atomic E-state index is 0.0934. The molecule has 1 fully saturated rings. The molecular weight excluding hydrogens is 384 g/mol. The summed E-state index contributed by atoms with van der Waals surface area (Å²) in [5.41, 5.74) is 0.851. The molecule has 4 N–H and O–H groups in total. The van der Waals surface area contributed by atoms with E-state index in [9.17, 15) is 29.7 Å². The van der Waals surface area contributed by atoms with E-state index < -0.39 is 35.9 Å². The second kappa shape index (κ2) is 8.34. The first-order valence-corrected chi connectivity index (χ1v) is 9.90. The summed E-state index contributed by atoms with van der Waals surface area (Å²) in [5, 5.41) is 31.7. The van der Waals surface area contributed by atoms with Crippen LogP contribution in [0.3, 0.4) is 0 Å². The number of hydrogen-bond donors (Lipinski definition) is 4. The van der Waals surface area contributed by atoms with Crippen molar-refractivity contribution < 1.29 is 29.7 Å². The topological polar surface area (TPSA) is 127 Å². The number of aliphatic hydroxyl groups is 1. The Morgan fingerprint density at radius 2 is 1.96 bits per heavy atom. The highest BCUT2D eigenvalue weighted by atomic mass is 32.2. The molecular formula is C19H22N2O6S. The average Bonchev–Trinajstić information content (AvgIpc) is 2.96. The molecule has 2 aliphatic rings. The van der Waals surface area contributed by atoms with Crippen molar-refractivity contribution in [2.75, 3.05) is 5.75 Å². The Bertz CT molecular complexity index is 810. The van der Waals surface area contributed by atoms with Gasteiger partial charge >= 0.3 is 11.9 Å². The van der Waals surface area contributed by atoms with Crippen molar-refractivity contribution in [3.8, 4) is 0 Å². The molecule has 0 saturated carbocycles. The molecule has 2 heterocycles. The lowest BCUT2D eigenvalue weighted by Gasteiger charge is -2.44. The van der Waals surface area contributed by atoms with Crippen molar-refractivity contribution in [3.05, 3.63) is 46.5 Å². The summed E-state index contributed by atoms with van der Waals surface area (Å²) in [6, 6.07) is 8.13. The van der Waals surface area contributed by atoms with Crippen LogP contribution in [0.4, 0.5) is 0 Å². The van der Waals surface area contributed by atoms with Crippen LogP contribution < -0.4 is 5.32 Å². The van der Waals surface area contributed by atoms with Crippen molar-refractivity contribution >= 4 is 29.6 Å². The number of benzene rings is 1. The molecule has 8 nitrogen and oxygen atoms in total. The average molecular weight is 406 g/mol. The molecule has 0 bridgehead atoms. The zero-order valence-corrected chi connectivity index (χ0v) is 16.1. The molecule has 1 unspecified atom stereocenters. The van der Waals surface area contributed by atoms with Crippen LogP contribution in [0.25, 0.3) is 0 Å². The zero-order valence-electron chi connectivity index (χ0n) is 15.2. The van der Waals surface area contributed by atoms with Gasteiger partial charge in [0.1, 0.15) is 11.7 Å². The van der Waals surface area contributed by atoms with Crippen LogP contribution in [-0.4, -0.2) is 62.0 Å². The van der Waals surface area contributed by atoms with E-state index in [4.69, 9.17) is 0 Å². The fourth-order valence-corrected chi connectivity index (χ4v) is 4.84. The number of rotatable bonds is 9. The molecule has 0 radical (unpaired) electrons. The van der Waals surface area contributed by atoms with Crippen molar-refractivity contribution in [3.63, 3.8) is 0 Å². The molecule has 9 heteroatoms. The van der Waals surface area contributed by atoms with E-state index in [0.29, 0.717) is 17.9 Å². The minimum atomic E-state index is -1.22. The number of carboxylic acids is 2. The lowest BCUT2D eigenvalue weighted by Crippen LogP contribution is -2.61. The van der Waals surface area contributed by atoms with E-state index in [1.807, 2.05) is 30.3 Å². The quantitative estimate of drug-likeness (QED) is 0.445. The summed E-state index contributed by atoms with van der Waals surface area (Å²) in [7, 11) is 0. The zero-order chi connectivity index (χ0) is 20.4. The number of β-lactam (4-membered cyclic amide) rings is 1. The number of fused-ring (bicyclic) bond motifs is 1. The Balaban J connectivity index is 1.66. The van der Waals surface area contributed by atoms with Gasteiger partial charge in [0.25, 0.3) is 0 Å². The molecule has 1 aromatic rings. The SMILES string of the molecule is CC(O)[C@H]1C(=O)N2C(C(=O)O)=C(SC[C@H](NCc3ccccc3)C(=O)O)C[C@H]12. The number of nitrogens with one attached hydrogen (secondary N) is 1. The Kier molecular flexibility index (Phi) is 6.07. The van der Waals surface area contributed by atoms with Gasteiger partial charge in [-0.15, -0.1) is 11.8 Å². The van der Waals surface area contributed by atoms with Gasteiger partial charge in [0.05, 0.1) is 18.1 Å². The van der Waals surface area contributed by atoms with E-state index >= 15 is 0 Å². The highest BCUT2D eigenvalue weighted by molar-refractivity contribution is 8.03. The summed E-state index contributed by atoms with van der Waals surface area (Å²) in [4.78, 5) is 37.1. The van der Waals surface area contributed by atoms with E-state index in [1.54, 1.807) is 0 Å². The largest absolute Gasteiger partial charge is 0.480 e. The second-order valence-electron chi connectivity index (χ2n) is 6.89.